The van der Waals surface area contributed by atoms with Gasteiger partial charge in [0.05, 0.1) is 0 Å². The summed E-state index contributed by atoms with van der Waals surface area (Å²) in [6.45, 7) is 6.08. The molecule has 2 unspecified atom stereocenters. The zero-order valence-electron chi connectivity index (χ0n) is 19.3. The van der Waals surface area contributed by atoms with Crippen molar-refractivity contribution in [2.75, 3.05) is 6.61 Å². The molecular weight excluding hydrogens is 460 g/mol. The molecule has 0 aromatic rings. The minimum Gasteiger partial charge on any atom is -0.463 e. The molecule has 4 aliphatic carbocycles. The van der Waals surface area contributed by atoms with Crippen LogP contribution < -0.4 is 0 Å². The normalized spacial score (nSPS) is 45.1. The smallest absolute Gasteiger partial charge is 0.319 e. The van der Waals surface area contributed by atoms with Crippen molar-refractivity contribution >= 4 is 27.9 Å². The summed E-state index contributed by atoms with van der Waals surface area (Å²) in [6.07, 6.45) is 10.0. The Hall–Kier alpha value is -0.620. The molecule has 0 aromatic carbocycles. The molecule has 1 N–H and O–H groups in total. The first-order chi connectivity index (χ1) is 14.7. The summed E-state index contributed by atoms with van der Waals surface area (Å²) in [5.74, 6) is 1.83. The second kappa shape index (κ2) is 8.96. The molecule has 0 aliphatic heterocycles. The van der Waals surface area contributed by atoms with Crippen LogP contribution in [0.1, 0.15) is 85.0 Å². The van der Waals surface area contributed by atoms with Gasteiger partial charge in [-0.15, -0.1) is 0 Å². The number of halogens is 1. The number of esters is 2. The molecule has 0 bridgehead atoms. The molecule has 0 radical (unpaired) electrons. The third kappa shape index (κ3) is 3.98. The second-order valence-electron chi connectivity index (χ2n) is 11.0. The average molecular weight is 499 g/mol. The van der Waals surface area contributed by atoms with Crippen LogP contribution in [-0.4, -0.2) is 40.7 Å². The Balaban J connectivity index is 1.50. The van der Waals surface area contributed by atoms with Crippen molar-refractivity contribution in [3.8, 4) is 0 Å². The van der Waals surface area contributed by atoms with Gasteiger partial charge >= 0.3 is 11.9 Å². The quantitative estimate of drug-likeness (QED) is 0.425. The van der Waals surface area contributed by atoms with Crippen molar-refractivity contribution < 1.29 is 24.2 Å². The minimum atomic E-state index is -0.216. The van der Waals surface area contributed by atoms with Crippen LogP contribution >= 0.6 is 15.9 Å². The van der Waals surface area contributed by atoms with E-state index < -0.39 is 0 Å². The minimum absolute atomic E-state index is 0.0126. The van der Waals surface area contributed by atoms with Crippen molar-refractivity contribution in [1.29, 1.82) is 0 Å². The van der Waals surface area contributed by atoms with Crippen molar-refractivity contribution in [2.45, 2.75) is 102 Å². The molecule has 6 heteroatoms. The largest absolute Gasteiger partial charge is 0.463 e. The van der Waals surface area contributed by atoms with Crippen molar-refractivity contribution in [1.82, 2.24) is 0 Å². The van der Waals surface area contributed by atoms with Gasteiger partial charge in [0.1, 0.15) is 17.0 Å². The molecule has 0 aromatic heterocycles. The lowest BCUT2D eigenvalue weighted by molar-refractivity contribution is -0.177. The fourth-order valence-electron chi connectivity index (χ4n) is 8.19. The summed E-state index contributed by atoms with van der Waals surface area (Å²) in [7, 11) is 0. The summed E-state index contributed by atoms with van der Waals surface area (Å²) >= 11 is 3.45. The number of fused-ring (bicyclic) bond motifs is 5. The van der Waals surface area contributed by atoms with Crippen LogP contribution in [-0.2, 0) is 19.1 Å². The number of carbonyl (C=O) groups is 2. The zero-order chi connectivity index (χ0) is 22.4. The Kier molecular flexibility index (Phi) is 6.81. The highest BCUT2D eigenvalue weighted by Gasteiger charge is 2.62. The van der Waals surface area contributed by atoms with Crippen LogP contribution in [0, 0.1) is 34.5 Å². The first-order valence-corrected chi connectivity index (χ1v) is 13.3. The van der Waals surface area contributed by atoms with Gasteiger partial charge in [-0.2, -0.15) is 0 Å². The summed E-state index contributed by atoms with van der Waals surface area (Å²) in [6, 6.07) is 0. The predicted octanol–water partition coefficient (Wildman–Crippen LogP) is 5.02. The maximum atomic E-state index is 12.5. The molecule has 0 saturated heterocycles. The molecular formula is C25H39BrO5. The highest BCUT2D eigenvalue weighted by Crippen LogP contribution is 2.66. The van der Waals surface area contributed by atoms with Crippen LogP contribution in [0.2, 0.25) is 0 Å². The van der Waals surface area contributed by atoms with Gasteiger partial charge in [-0.05, 0) is 93.3 Å². The number of alkyl halides is 1. The van der Waals surface area contributed by atoms with E-state index in [4.69, 9.17) is 9.47 Å². The lowest BCUT2D eigenvalue weighted by atomic mass is 9.44. The lowest BCUT2D eigenvalue weighted by Gasteiger charge is -2.61. The van der Waals surface area contributed by atoms with Crippen LogP contribution in [0.15, 0.2) is 0 Å². The first kappa shape index (κ1) is 23.5. The third-order valence-corrected chi connectivity index (χ3v) is 10.8. The van der Waals surface area contributed by atoms with Gasteiger partial charge in [0, 0.05) is 18.9 Å². The van der Waals surface area contributed by atoms with E-state index >= 15 is 0 Å². The first-order valence-electron chi connectivity index (χ1n) is 12.4. The number of hydrogen-bond donors (Lipinski definition) is 1. The van der Waals surface area contributed by atoms with Gasteiger partial charge in [0.15, 0.2) is 0 Å². The molecule has 0 heterocycles. The van der Waals surface area contributed by atoms with Gasteiger partial charge in [-0.1, -0.05) is 29.8 Å². The van der Waals surface area contributed by atoms with Gasteiger partial charge in [0.2, 0.25) is 0 Å². The Bertz CT molecular complexity index is 697. The molecule has 4 aliphatic rings. The molecule has 4 rings (SSSR count). The molecule has 0 spiro atoms. The van der Waals surface area contributed by atoms with E-state index in [1.807, 2.05) is 6.92 Å². The molecule has 4 fully saturated rings. The van der Waals surface area contributed by atoms with E-state index in [0.717, 1.165) is 57.8 Å². The summed E-state index contributed by atoms with van der Waals surface area (Å²) in [4.78, 5) is 23.7. The van der Waals surface area contributed by atoms with E-state index in [1.165, 1.54) is 13.3 Å². The summed E-state index contributed by atoms with van der Waals surface area (Å²) in [5, 5.41) is 10.7. The van der Waals surface area contributed by atoms with Gasteiger partial charge < -0.3 is 14.6 Å². The monoisotopic (exact) mass is 498 g/mol. The number of aliphatic hydroxyl groups excluding tert-OH is 1. The number of carbonyl (C=O) groups excluding carboxylic acids is 2. The Morgan fingerprint density at radius 3 is 2.52 bits per heavy atom. The van der Waals surface area contributed by atoms with Crippen LogP contribution in [0.25, 0.3) is 0 Å². The SMILES string of the molecule is CCC(Br)C(=O)O[C@H]1CC[C@H]2[C@@H]3CCC4C[C@@H](OC(C)=O)CC[C@]4(CO)[C@H]3CC[C@]12C. The zero-order valence-corrected chi connectivity index (χ0v) is 20.9. The van der Waals surface area contributed by atoms with Crippen LogP contribution in [0.5, 0.6) is 0 Å². The average Bonchev–Trinajstić information content (AvgIpc) is 3.08. The molecule has 176 valence electrons. The van der Waals surface area contributed by atoms with E-state index in [2.05, 4.69) is 22.9 Å². The fourth-order valence-corrected chi connectivity index (χ4v) is 8.30. The number of hydrogen-bond acceptors (Lipinski definition) is 5. The van der Waals surface area contributed by atoms with E-state index in [0.29, 0.717) is 23.7 Å². The Morgan fingerprint density at radius 1 is 1.06 bits per heavy atom. The van der Waals surface area contributed by atoms with Gasteiger partial charge in [-0.3, -0.25) is 9.59 Å². The number of rotatable bonds is 5. The Morgan fingerprint density at radius 2 is 1.84 bits per heavy atom. The standard InChI is InChI=1S/C25H39BrO5/c1-4-21(26)23(29)31-22-8-7-19-18-6-5-16-13-17(30-15(2)28)9-12-25(16,14-27)20(18)10-11-24(19,22)3/h16-22,27H,4-14H2,1-3H3/t16?,17-,18-,19-,20-,21?,22-,24-,25+/m0/s1. The van der Waals surface area contributed by atoms with Gasteiger partial charge in [0.25, 0.3) is 0 Å². The van der Waals surface area contributed by atoms with E-state index in [9.17, 15) is 14.7 Å². The molecule has 31 heavy (non-hydrogen) atoms. The fraction of sp³-hybridized carbons (Fsp3) is 0.920. The summed E-state index contributed by atoms with van der Waals surface area (Å²) in [5.41, 5.74) is 0.0224. The molecule has 4 saturated carbocycles. The molecule has 5 nitrogen and oxygen atoms in total. The maximum absolute atomic E-state index is 12.5. The van der Waals surface area contributed by atoms with Crippen molar-refractivity contribution in [2.24, 2.45) is 34.5 Å². The maximum Gasteiger partial charge on any atom is 0.319 e. The third-order valence-electron chi connectivity index (χ3n) is 9.73. The van der Waals surface area contributed by atoms with Crippen LogP contribution in [0.3, 0.4) is 0 Å². The molecule has 9 atom stereocenters. The topological polar surface area (TPSA) is 72.8 Å². The highest BCUT2D eigenvalue weighted by molar-refractivity contribution is 9.10. The predicted molar refractivity (Wildman–Crippen MR) is 122 cm³/mol. The van der Waals surface area contributed by atoms with Crippen LogP contribution in [0.4, 0.5) is 0 Å². The van der Waals surface area contributed by atoms with E-state index in [1.54, 1.807) is 0 Å². The number of ether oxygens (including phenoxy) is 2. The van der Waals surface area contributed by atoms with Gasteiger partial charge in [-0.25, -0.2) is 0 Å². The van der Waals surface area contributed by atoms with Crippen molar-refractivity contribution in [3.05, 3.63) is 0 Å². The van der Waals surface area contributed by atoms with Crippen molar-refractivity contribution in [3.63, 3.8) is 0 Å². The highest BCUT2D eigenvalue weighted by atomic mass is 79.9. The van der Waals surface area contributed by atoms with E-state index in [-0.39, 0.29) is 46.4 Å². The second-order valence-corrected chi connectivity index (χ2v) is 12.1. The lowest BCUT2D eigenvalue weighted by Crippen LogP contribution is -2.57. The Labute approximate surface area is 195 Å². The molecule has 0 amide bonds. The summed E-state index contributed by atoms with van der Waals surface area (Å²) < 4.78 is 11.6. The number of aliphatic hydroxyl groups is 1.